The highest BCUT2D eigenvalue weighted by Crippen LogP contribution is 2.51. The van der Waals surface area contributed by atoms with Gasteiger partial charge in [-0.25, -0.2) is 19.9 Å². The minimum absolute atomic E-state index is 0.305. The minimum Gasteiger partial charge on any atom is -0.307 e. The van der Waals surface area contributed by atoms with E-state index in [0.29, 0.717) is 34.1 Å². The molecule has 0 fully saturated rings. The molecule has 0 aliphatic carbocycles. The van der Waals surface area contributed by atoms with Crippen LogP contribution in [0.4, 0.5) is 0 Å². The highest BCUT2D eigenvalue weighted by Gasteiger charge is 2.29. The Morgan fingerprint density at radius 3 is 1.33 bits per heavy atom. The number of nitriles is 2. The van der Waals surface area contributed by atoms with Gasteiger partial charge >= 0.3 is 0 Å². The van der Waals surface area contributed by atoms with Gasteiger partial charge in [0.05, 0.1) is 83.5 Å². The van der Waals surface area contributed by atoms with E-state index in [4.69, 9.17) is 19.9 Å². The number of hydrogen-bond donors (Lipinski definition) is 0. The molecule has 10 nitrogen and oxygen atoms in total. The van der Waals surface area contributed by atoms with Crippen LogP contribution in [-0.2, 0) is 0 Å². The maximum Gasteiger partial charge on any atom is 0.236 e. The lowest BCUT2D eigenvalue weighted by atomic mass is 9.98. The van der Waals surface area contributed by atoms with E-state index in [1.54, 1.807) is 0 Å². The van der Waals surface area contributed by atoms with Crippen molar-refractivity contribution in [1.29, 1.82) is 10.5 Å². The maximum absolute atomic E-state index is 11.2. The van der Waals surface area contributed by atoms with E-state index in [9.17, 15) is 10.5 Å². The molecule has 8 heterocycles. The molecule has 0 unspecified atom stereocenters. The SMILES string of the molecule is N#Cc1ccc(-c2nc(-n3c4ccccc4c4cc5c6cc(-c7ccc8nc(-n9c%10ccccc%10c%10cc%11c%12ccccc%12n%12c%13c%14ccccc%14ccc%13c(c%109)c%11%12)nc(C#N)c8c7)ccc6n6c7c8ccccc8ccc7c(c43)c56)nc3ccccc23)cc1. The zero-order chi connectivity index (χ0) is 58.8. The van der Waals surface area contributed by atoms with Gasteiger partial charge in [0.25, 0.3) is 0 Å². The zero-order valence-electron chi connectivity index (χ0n) is 47.6. The summed E-state index contributed by atoms with van der Waals surface area (Å²) >= 11 is 0. The molecule has 10 heteroatoms. The fourth-order valence-electron chi connectivity index (χ4n) is 15.7. The summed E-state index contributed by atoms with van der Waals surface area (Å²) in [6.45, 7) is 0. The molecule has 8 aromatic heterocycles. The Balaban J connectivity index is 0.790. The third kappa shape index (κ3) is 5.98. The van der Waals surface area contributed by atoms with E-state index in [1.807, 2.05) is 36.4 Å². The fourth-order valence-corrected chi connectivity index (χ4v) is 15.7. The summed E-state index contributed by atoms with van der Waals surface area (Å²) in [6.07, 6.45) is 0. The average Bonchev–Trinajstić information content (AvgIpc) is 1.53. The quantitative estimate of drug-likeness (QED) is 0.173. The van der Waals surface area contributed by atoms with Crippen molar-refractivity contribution in [2.75, 3.05) is 0 Å². The van der Waals surface area contributed by atoms with Gasteiger partial charge in [-0.3, -0.25) is 9.13 Å². The monoisotopic (exact) mass is 1140 g/mol. The van der Waals surface area contributed by atoms with Gasteiger partial charge in [-0.15, -0.1) is 0 Å². The molecule has 21 aromatic rings. The van der Waals surface area contributed by atoms with Crippen molar-refractivity contribution in [3.05, 3.63) is 254 Å². The summed E-state index contributed by atoms with van der Waals surface area (Å²) in [7, 11) is 0. The molecule has 0 amide bonds. The zero-order valence-corrected chi connectivity index (χ0v) is 47.6. The molecule has 0 saturated heterocycles. The van der Waals surface area contributed by atoms with Gasteiger partial charge in [0, 0.05) is 91.7 Å². The van der Waals surface area contributed by atoms with Crippen molar-refractivity contribution in [2.24, 2.45) is 0 Å². The first kappa shape index (κ1) is 47.5. The topological polar surface area (TPSA) is 118 Å². The maximum atomic E-state index is 11.2. The first-order valence-electron chi connectivity index (χ1n) is 30.2. The van der Waals surface area contributed by atoms with E-state index in [0.717, 1.165) is 142 Å². The second-order valence-corrected chi connectivity index (χ2v) is 23.9. The van der Waals surface area contributed by atoms with Gasteiger partial charge in [-0.05, 0) is 94.7 Å². The molecule has 0 atom stereocenters. The van der Waals surface area contributed by atoms with Crippen molar-refractivity contribution in [1.82, 2.24) is 37.9 Å². The van der Waals surface area contributed by atoms with Crippen molar-refractivity contribution < 1.29 is 0 Å². The first-order valence-corrected chi connectivity index (χ1v) is 30.2. The molecular formula is C80H40N10. The molecule has 21 rings (SSSR count). The van der Waals surface area contributed by atoms with E-state index in [-0.39, 0.29) is 0 Å². The second-order valence-electron chi connectivity index (χ2n) is 23.9. The summed E-state index contributed by atoms with van der Waals surface area (Å²) < 4.78 is 9.40. The van der Waals surface area contributed by atoms with Gasteiger partial charge in [0.15, 0.2) is 5.69 Å². The van der Waals surface area contributed by atoms with Gasteiger partial charge in [0.1, 0.15) is 6.07 Å². The highest BCUT2D eigenvalue weighted by atomic mass is 15.2. The molecule has 0 radical (unpaired) electrons. The number of nitrogens with zero attached hydrogens (tertiary/aromatic N) is 10. The van der Waals surface area contributed by atoms with E-state index in [1.165, 1.54) is 32.6 Å². The first-order chi connectivity index (χ1) is 44.6. The minimum atomic E-state index is 0.305. The molecule has 0 N–H and O–H groups in total. The van der Waals surface area contributed by atoms with Gasteiger partial charge < -0.3 is 8.80 Å². The normalized spacial score (nSPS) is 12.4. The molecule has 0 aliphatic rings. The molecule has 0 saturated carbocycles. The van der Waals surface area contributed by atoms with E-state index in [2.05, 4.69) is 236 Å². The Labute approximate surface area is 509 Å². The number of rotatable bonds is 4. The smallest absolute Gasteiger partial charge is 0.236 e. The van der Waals surface area contributed by atoms with Crippen LogP contribution in [0.25, 0.3) is 197 Å². The van der Waals surface area contributed by atoms with Crippen molar-refractivity contribution in [2.45, 2.75) is 0 Å². The van der Waals surface area contributed by atoms with Crippen LogP contribution in [0.3, 0.4) is 0 Å². The molecule has 0 aliphatic heterocycles. The van der Waals surface area contributed by atoms with Gasteiger partial charge in [-0.2, -0.15) is 10.5 Å². The Bertz CT molecular complexity index is 6930. The standard InChI is InChI=1S/C80H40N10/c81-41-43-25-27-46(28-26-43)72-54-20-5-9-21-63(54)83-80(86-72)90-68-24-12-8-19-53(68)60-40-61-57-37-48(32-36-69(57)88-74-50-16-4-2-14-45(50)30-34-56(74)71(76(61)88)78(60)90)47-31-35-64-62(38-47)65(42-82)85-79(84-64)89-67-23-11-7-18-52(67)59-39-58-51-17-6-10-22-66(51)87-73-49-15-3-1-13-44(49)29-33-55(73)70(75(58)87)77(59)89/h1-40H. The number of para-hydroxylation sites is 4. The van der Waals surface area contributed by atoms with Crippen LogP contribution >= 0.6 is 0 Å². The Morgan fingerprint density at radius 1 is 0.278 bits per heavy atom. The second kappa shape index (κ2) is 17.0. The largest absolute Gasteiger partial charge is 0.307 e. The van der Waals surface area contributed by atoms with Gasteiger partial charge in [-0.1, -0.05) is 170 Å². The summed E-state index contributed by atoms with van der Waals surface area (Å²) in [4.78, 5) is 21.5. The van der Waals surface area contributed by atoms with Crippen LogP contribution in [0.15, 0.2) is 243 Å². The molecular weight excluding hydrogens is 1100 g/mol. The Morgan fingerprint density at radius 2 is 0.733 bits per heavy atom. The summed E-state index contributed by atoms with van der Waals surface area (Å²) in [5, 5.41) is 40.9. The van der Waals surface area contributed by atoms with Crippen LogP contribution in [0.1, 0.15) is 11.3 Å². The van der Waals surface area contributed by atoms with Crippen molar-refractivity contribution >= 4 is 163 Å². The average molecular weight is 1140 g/mol. The summed E-state index contributed by atoms with van der Waals surface area (Å²) in [5.74, 6) is 1.01. The highest BCUT2D eigenvalue weighted by molar-refractivity contribution is 6.38. The van der Waals surface area contributed by atoms with Crippen LogP contribution in [0.5, 0.6) is 0 Å². The van der Waals surface area contributed by atoms with Crippen molar-refractivity contribution in [3.63, 3.8) is 0 Å². The fraction of sp³-hybridized carbons (Fsp3) is 0. The lowest BCUT2D eigenvalue weighted by Crippen LogP contribution is -2.04. The van der Waals surface area contributed by atoms with Crippen LogP contribution in [-0.4, -0.2) is 37.9 Å². The van der Waals surface area contributed by atoms with Crippen LogP contribution < -0.4 is 0 Å². The number of hydrogen-bond acceptors (Lipinski definition) is 6. The lowest BCUT2D eigenvalue weighted by molar-refractivity contribution is 1.00. The van der Waals surface area contributed by atoms with E-state index < -0.39 is 0 Å². The molecule has 13 aromatic carbocycles. The molecule has 0 spiro atoms. The number of fused-ring (bicyclic) bond motifs is 26. The van der Waals surface area contributed by atoms with Gasteiger partial charge in [0.2, 0.25) is 11.9 Å². The van der Waals surface area contributed by atoms with E-state index >= 15 is 0 Å². The predicted molar refractivity (Wildman–Crippen MR) is 366 cm³/mol. The predicted octanol–water partition coefficient (Wildman–Crippen LogP) is 19.5. The molecule has 90 heavy (non-hydrogen) atoms. The number of benzene rings is 13. The molecule has 410 valence electrons. The molecule has 0 bridgehead atoms. The third-order valence-corrected chi connectivity index (χ3v) is 19.5. The third-order valence-electron chi connectivity index (χ3n) is 19.5. The summed E-state index contributed by atoms with van der Waals surface area (Å²) in [5.41, 5.74) is 16.9. The number of aromatic nitrogens is 8. The summed E-state index contributed by atoms with van der Waals surface area (Å²) in [6, 6.07) is 90.6. The lowest BCUT2D eigenvalue weighted by Gasteiger charge is -2.12. The Hall–Kier alpha value is -12.8. The Kier molecular flexibility index (Phi) is 8.98. The van der Waals surface area contributed by atoms with Crippen LogP contribution in [0, 0.1) is 22.7 Å². The van der Waals surface area contributed by atoms with Crippen molar-refractivity contribution in [3.8, 4) is 46.4 Å². The van der Waals surface area contributed by atoms with Crippen LogP contribution in [0.2, 0.25) is 0 Å².